The third-order valence-electron chi connectivity index (χ3n) is 4.49. The minimum absolute atomic E-state index is 0.149. The van der Waals surface area contributed by atoms with Crippen molar-refractivity contribution >= 4 is 23.7 Å². The Bertz CT molecular complexity index is 1030. The van der Waals surface area contributed by atoms with Crippen molar-refractivity contribution in [2.24, 2.45) is 0 Å². The number of ether oxygens (including phenoxy) is 3. The van der Waals surface area contributed by atoms with Crippen molar-refractivity contribution in [2.75, 3.05) is 13.7 Å². The molecule has 0 unspecified atom stereocenters. The Labute approximate surface area is 177 Å². The number of carbonyl (C=O) groups excluding carboxylic acids is 2. The summed E-state index contributed by atoms with van der Waals surface area (Å²) in [7, 11) is 1.56. The first kappa shape index (κ1) is 21.8. The molecule has 31 heavy (non-hydrogen) atoms. The molecular formula is C22H21NO8. The molecule has 2 atom stereocenters. The molecule has 0 radical (unpaired) electrons. The largest absolute Gasteiger partial charge is 0.497 e. The molecule has 2 aromatic rings. The van der Waals surface area contributed by atoms with Crippen LogP contribution in [0.2, 0.25) is 0 Å². The average Bonchev–Trinajstić information content (AvgIpc) is 3.05. The molecule has 0 fully saturated rings. The Morgan fingerprint density at radius 3 is 2.45 bits per heavy atom. The summed E-state index contributed by atoms with van der Waals surface area (Å²) in [5.41, 5.74) is 1.12. The maximum atomic E-state index is 12.5. The van der Waals surface area contributed by atoms with E-state index in [4.69, 9.17) is 19.3 Å². The molecule has 1 amide bonds. The van der Waals surface area contributed by atoms with Crippen molar-refractivity contribution < 1.29 is 38.8 Å². The molecule has 0 aromatic heterocycles. The maximum absolute atomic E-state index is 12.5. The van der Waals surface area contributed by atoms with Crippen LogP contribution in [0.4, 0.5) is 0 Å². The molecule has 2 aromatic carbocycles. The molecule has 0 saturated heterocycles. The van der Waals surface area contributed by atoms with E-state index in [2.05, 4.69) is 5.32 Å². The molecule has 1 heterocycles. The summed E-state index contributed by atoms with van der Waals surface area (Å²) in [6.45, 7) is 0.781. The van der Waals surface area contributed by atoms with E-state index in [-0.39, 0.29) is 23.0 Å². The van der Waals surface area contributed by atoms with Crippen LogP contribution >= 0.6 is 0 Å². The normalized spacial score (nSPS) is 15.6. The summed E-state index contributed by atoms with van der Waals surface area (Å²) in [4.78, 5) is 35.5. The first-order chi connectivity index (χ1) is 14.8. The van der Waals surface area contributed by atoms with E-state index in [1.54, 1.807) is 37.5 Å². The van der Waals surface area contributed by atoms with Crippen LogP contribution in [0, 0.1) is 0 Å². The number of Topliss-reactive ketones (excluding diaryl/α,β-unsaturated/α-hetero) is 1. The van der Waals surface area contributed by atoms with E-state index < -0.39 is 30.6 Å². The Kier molecular flexibility index (Phi) is 6.56. The molecule has 0 bridgehead atoms. The second kappa shape index (κ2) is 9.31. The number of hydrogen-bond acceptors (Lipinski definition) is 7. The van der Waals surface area contributed by atoms with Crippen LogP contribution < -0.4 is 19.5 Å². The zero-order valence-electron chi connectivity index (χ0n) is 16.8. The number of aliphatic hydroxyl groups excluding tert-OH is 1. The van der Waals surface area contributed by atoms with Gasteiger partial charge in [-0.1, -0.05) is 12.1 Å². The van der Waals surface area contributed by atoms with Gasteiger partial charge in [0.2, 0.25) is 5.78 Å². The number of carbonyl (C=O) groups is 3. The molecule has 3 N–H and O–H groups in total. The topological polar surface area (TPSA) is 131 Å². The third kappa shape index (κ3) is 5.20. The minimum atomic E-state index is -1.44. The van der Waals surface area contributed by atoms with Gasteiger partial charge in [-0.2, -0.15) is 0 Å². The third-order valence-corrected chi connectivity index (χ3v) is 4.49. The lowest BCUT2D eigenvalue weighted by molar-refractivity contribution is -0.145. The lowest BCUT2D eigenvalue weighted by Crippen LogP contribution is -2.49. The highest BCUT2D eigenvalue weighted by Crippen LogP contribution is 2.35. The molecule has 3 rings (SSSR count). The Morgan fingerprint density at radius 2 is 1.84 bits per heavy atom. The van der Waals surface area contributed by atoms with E-state index in [0.717, 1.165) is 5.56 Å². The van der Waals surface area contributed by atoms with E-state index in [1.807, 2.05) is 0 Å². The molecule has 9 nitrogen and oxygen atoms in total. The average molecular weight is 427 g/mol. The number of amides is 1. The molecule has 0 aliphatic carbocycles. The van der Waals surface area contributed by atoms with E-state index >= 15 is 0 Å². The fourth-order valence-corrected chi connectivity index (χ4v) is 2.86. The standard InChI is InChI=1S/C22H21NO8/c1-12(24)20(22(27)28)23-19(25)11-30-15-7-8-16-17(10-15)31-18(21(16)26)9-13-3-5-14(29-2)6-4-13/h3-10,12,20,24H,11H2,1-2H3,(H,23,25)(H,27,28)/b18-9-/t12-,20-/m1/s1. The summed E-state index contributed by atoms with van der Waals surface area (Å²) < 4.78 is 16.1. The second-order valence-corrected chi connectivity index (χ2v) is 6.78. The molecule has 0 spiro atoms. The SMILES string of the molecule is COc1ccc(/C=C2\Oc3cc(OCC(=O)N[C@@H](C(=O)O)[C@@H](C)O)ccc3C2=O)cc1. The number of carboxylic acid groups (broad SMARTS) is 1. The number of methoxy groups -OCH3 is 1. The molecule has 162 valence electrons. The van der Waals surface area contributed by atoms with Gasteiger partial charge in [0, 0.05) is 6.07 Å². The van der Waals surface area contributed by atoms with Crippen LogP contribution in [0.15, 0.2) is 48.2 Å². The van der Waals surface area contributed by atoms with Gasteiger partial charge in [-0.3, -0.25) is 9.59 Å². The maximum Gasteiger partial charge on any atom is 0.328 e. The van der Waals surface area contributed by atoms with Crippen molar-refractivity contribution in [1.29, 1.82) is 0 Å². The highest BCUT2D eigenvalue weighted by molar-refractivity contribution is 6.14. The number of benzene rings is 2. The molecular weight excluding hydrogens is 406 g/mol. The molecule has 1 aliphatic heterocycles. The highest BCUT2D eigenvalue weighted by Gasteiger charge is 2.28. The molecule has 1 aliphatic rings. The number of aliphatic carboxylic acids is 1. The number of carboxylic acids is 1. The minimum Gasteiger partial charge on any atom is -0.497 e. The van der Waals surface area contributed by atoms with Gasteiger partial charge in [-0.15, -0.1) is 0 Å². The Hall–Kier alpha value is -3.85. The lowest BCUT2D eigenvalue weighted by Gasteiger charge is -2.17. The van der Waals surface area contributed by atoms with Crippen molar-refractivity contribution in [3.8, 4) is 17.2 Å². The first-order valence-corrected chi connectivity index (χ1v) is 9.34. The van der Waals surface area contributed by atoms with Crippen LogP contribution in [0.5, 0.6) is 17.2 Å². The predicted molar refractivity (Wildman–Crippen MR) is 109 cm³/mol. The Morgan fingerprint density at radius 1 is 1.16 bits per heavy atom. The number of fused-ring (bicyclic) bond motifs is 1. The van der Waals surface area contributed by atoms with Crippen molar-refractivity contribution in [1.82, 2.24) is 5.32 Å². The van der Waals surface area contributed by atoms with E-state index in [1.165, 1.54) is 25.1 Å². The number of ketones is 1. The number of allylic oxidation sites excluding steroid dienone is 1. The van der Waals surface area contributed by atoms with Crippen LogP contribution in [0.3, 0.4) is 0 Å². The summed E-state index contributed by atoms with van der Waals surface area (Å²) in [6, 6.07) is 10.2. The monoisotopic (exact) mass is 427 g/mol. The van der Waals surface area contributed by atoms with Gasteiger partial charge in [0.25, 0.3) is 5.91 Å². The molecule has 0 saturated carbocycles. The van der Waals surface area contributed by atoms with Gasteiger partial charge in [0.15, 0.2) is 18.4 Å². The number of rotatable bonds is 8. The van der Waals surface area contributed by atoms with Crippen LogP contribution in [-0.2, 0) is 9.59 Å². The predicted octanol–water partition coefficient (Wildman–Crippen LogP) is 1.64. The highest BCUT2D eigenvalue weighted by atomic mass is 16.5. The van der Waals surface area contributed by atoms with Gasteiger partial charge in [0.05, 0.1) is 18.8 Å². The number of hydrogen-bond donors (Lipinski definition) is 3. The quantitative estimate of drug-likeness (QED) is 0.542. The van der Waals surface area contributed by atoms with Crippen molar-refractivity contribution in [3.63, 3.8) is 0 Å². The second-order valence-electron chi connectivity index (χ2n) is 6.78. The van der Waals surface area contributed by atoms with Crippen molar-refractivity contribution in [3.05, 3.63) is 59.4 Å². The van der Waals surface area contributed by atoms with Crippen LogP contribution in [0.25, 0.3) is 6.08 Å². The summed E-state index contributed by atoms with van der Waals surface area (Å²) in [5.74, 6) is -0.966. The van der Waals surface area contributed by atoms with Gasteiger partial charge in [0.1, 0.15) is 17.2 Å². The number of nitrogens with one attached hydrogen (secondary N) is 1. The fraction of sp³-hybridized carbons (Fsp3) is 0.227. The lowest BCUT2D eigenvalue weighted by atomic mass is 10.1. The fourth-order valence-electron chi connectivity index (χ4n) is 2.86. The molecule has 9 heteroatoms. The van der Waals surface area contributed by atoms with Gasteiger partial charge < -0.3 is 29.7 Å². The zero-order chi connectivity index (χ0) is 22.5. The van der Waals surface area contributed by atoms with Gasteiger partial charge in [-0.25, -0.2) is 4.79 Å². The summed E-state index contributed by atoms with van der Waals surface area (Å²) in [6.07, 6.45) is 0.342. The summed E-state index contributed by atoms with van der Waals surface area (Å²) >= 11 is 0. The van der Waals surface area contributed by atoms with Crippen molar-refractivity contribution in [2.45, 2.75) is 19.1 Å². The van der Waals surface area contributed by atoms with Crippen LogP contribution in [-0.4, -0.2) is 53.7 Å². The van der Waals surface area contributed by atoms with Gasteiger partial charge in [-0.05, 0) is 42.8 Å². The van der Waals surface area contributed by atoms with Gasteiger partial charge >= 0.3 is 5.97 Å². The number of aliphatic hydroxyl groups is 1. The smallest absolute Gasteiger partial charge is 0.328 e. The summed E-state index contributed by atoms with van der Waals surface area (Å²) in [5, 5.41) is 20.6. The van der Waals surface area contributed by atoms with Crippen LogP contribution in [0.1, 0.15) is 22.8 Å². The zero-order valence-corrected chi connectivity index (χ0v) is 16.8. The van der Waals surface area contributed by atoms with E-state index in [0.29, 0.717) is 11.3 Å². The van der Waals surface area contributed by atoms with E-state index in [9.17, 15) is 19.5 Å². The Balaban J connectivity index is 1.65. The first-order valence-electron chi connectivity index (χ1n) is 9.34.